The number of pyridine rings is 2. The van der Waals surface area contributed by atoms with Gasteiger partial charge in [0.25, 0.3) is 38.1 Å². The molecule has 0 radical (unpaired) electrons. The first-order valence-electron chi connectivity index (χ1n) is 21.4. The number of hydrogen-bond donors (Lipinski definition) is 3. The second kappa shape index (κ2) is 21.6. The number of amides is 4. The molecule has 368 valence electrons. The lowest BCUT2D eigenvalue weighted by Gasteiger charge is -2.17. The lowest BCUT2D eigenvalue weighted by Crippen LogP contribution is -2.35. The van der Waals surface area contributed by atoms with Crippen LogP contribution in [-0.2, 0) is 59.8 Å². The third-order valence-electron chi connectivity index (χ3n) is 11.2. The molecule has 0 fully saturated rings. The highest BCUT2D eigenvalue weighted by Gasteiger charge is 2.28. The molecule has 70 heavy (non-hydrogen) atoms. The number of carbonyl (C=O) groups is 3. The number of nitrogens with two attached hydrogens (primary N) is 1. The van der Waals surface area contributed by atoms with Gasteiger partial charge in [-0.1, -0.05) is 24.3 Å². The average Bonchev–Trinajstić information content (AvgIpc) is 4.16. The molecule has 24 heteroatoms. The fourth-order valence-corrected chi connectivity index (χ4v) is 9.18. The van der Waals surface area contributed by atoms with Crippen molar-refractivity contribution in [3.8, 4) is 46.0 Å². The van der Waals surface area contributed by atoms with Crippen LogP contribution in [0.3, 0.4) is 0 Å². The number of fused-ring (bicyclic) bond motifs is 2. The fraction of sp³-hybridized carbons (Fsp3) is 0.304. The monoisotopic (exact) mass is 996 g/mol. The first-order valence-corrected chi connectivity index (χ1v) is 24.4. The summed E-state index contributed by atoms with van der Waals surface area (Å²) < 4.78 is 67.6. The van der Waals surface area contributed by atoms with E-state index in [4.69, 9.17) is 24.6 Å². The Morgan fingerprint density at radius 3 is 1.69 bits per heavy atom. The van der Waals surface area contributed by atoms with Gasteiger partial charge in [-0.3, -0.25) is 19.0 Å². The summed E-state index contributed by atoms with van der Waals surface area (Å²) in [6, 6.07) is 16.7. The predicted molar refractivity (Wildman–Crippen MR) is 256 cm³/mol. The molecule has 2 aromatic carbocycles. The molecule has 22 nitrogen and oxygen atoms in total. The number of aryl methyl sites for hydroxylation is 4. The largest absolute Gasteiger partial charge is 0.481 e. The van der Waals surface area contributed by atoms with Crippen LogP contribution in [0.1, 0.15) is 56.1 Å². The highest BCUT2D eigenvalue weighted by atomic mass is 32.2. The number of nitrogens with zero attached hydrogens (tertiary/aromatic N) is 9. The predicted octanol–water partition coefficient (Wildman–Crippen LogP) is 4.07. The Labute approximate surface area is 405 Å². The SMILES string of the molecule is CN(C)C(=O)c1cc(S(N)(=O)=O)nn1C.COc1cc(-c2ccc3c(c2NC(=O)NS(=O)(=O)c2cc(C(=O)N(C)C)n(C)n2)CCC3)ccn1.COc1cc(-c2ccc3c(c2OC#N)CCC3)ccn1. The second-order valence-electron chi connectivity index (χ2n) is 16.3. The number of urea groups is 1. The molecular formula is C46H52N12O10S2. The molecule has 0 atom stereocenters. The van der Waals surface area contributed by atoms with E-state index in [1.165, 1.54) is 41.3 Å². The molecule has 2 aliphatic rings. The van der Waals surface area contributed by atoms with Gasteiger partial charge >= 0.3 is 6.03 Å². The Morgan fingerprint density at radius 2 is 1.19 bits per heavy atom. The Hall–Kier alpha value is -7.88. The molecule has 0 saturated carbocycles. The number of aromatic nitrogens is 6. The molecule has 0 aliphatic heterocycles. The highest BCUT2D eigenvalue weighted by Crippen LogP contribution is 2.40. The molecule has 8 rings (SSSR count). The maximum atomic E-state index is 12.9. The van der Waals surface area contributed by atoms with Gasteiger partial charge < -0.3 is 29.3 Å². The number of sulfonamides is 2. The van der Waals surface area contributed by atoms with Crippen LogP contribution >= 0.6 is 0 Å². The summed E-state index contributed by atoms with van der Waals surface area (Å²) in [6.45, 7) is 0. The van der Waals surface area contributed by atoms with Gasteiger partial charge in [0.05, 0.1) is 19.9 Å². The number of rotatable bonds is 11. The summed E-state index contributed by atoms with van der Waals surface area (Å²) in [5.41, 5.74) is 8.61. The van der Waals surface area contributed by atoms with E-state index in [-0.39, 0.29) is 22.3 Å². The van der Waals surface area contributed by atoms with Crippen LogP contribution in [0.5, 0.6) is 17.5 Å². The fourth-order valence-electron chi connectivity index (χ4n) is 7.77. The topological polar surface area (TPSA) is 289 Å². The van der Waals surface area contributed by atoms with Gasteiger partial charge in [-0.2, -0.15) is 18.6 Å². The zero-order chi connectivity index (χ0) is 51.1. The van der Waals surface area contributed by atoms with Gasteiger partial charge in [-0.25, -0.2) is 33.0 Å². The van der Waals surface area contributed by atoms with E-state index in [9.17, 15) is 31.2 Å². The summed E-state index contributed by atoms with van der Waals surface area (Å²) in [4.78, 5) is 47.5. The second-order valence-corrected chi connectivity index (χ2v) is 19.4. The molecule has 4 heterocycles. The number of nitrogens with one attached hydrogen (secondary N) is 2. The number of nitriles is 1. The van der Waals surface area contributed by atoms with Gasteiger partial charge in [0.15, 0.2) is 15.8 Å². The molecular weight excluding hydrogens is 945 g/mol. The first-order chi connectivity index (χ1) is 33.2. The minimum absolute atomic E-state index is 0.0746. The molecule has 4 aromatic heterocycles. The number of ether oxygens (including phenoxy) is 3. The van der Waals surface area contributed by atoms with Crippen molar-refractivity contribution in [3.63, 3.8) is 0 Å². The number of benzene rings is 2. The maximum absolute atomic E-state index is 12.9. The molecule has 4 N–H and O–H groups in total. The third-order valence-corrected chi connectivity index (χ3v) is 13.2. The molecule has 2 aliphatic carbocycles. The van der Waals surface area contributed by atoms with E-state index in [1.54, 1.807) is 66.1 Å². The Bertz CT molecular complexity index is 3230. The number of methoxy groups -OCH3 is 2. The van der Waals surface area contributed by atoms with E-state index in [2.05, 4.69) is 31.5 Å². The van der Waals surface area contributed by atoms with Crippen molar-refractivity contribution in [2.24, 2.45) is 19.2 Å². The first kappa shape index (κ1) is 51.5. The van der Waals surface area contributed by atoms with Crippen molar-refractivity contribution in [2.75, 3.05) is 47.7 Å². The lowest BCUT2D eigenvalue weighted by atomic mass is 9.98. The molecule has 0 spiro atoms. The number of hydrogen-bond acceptors (Lipinski definition) is 15. The van der Waals surface area contributed by atoms with E-state index in [0.29, 0.717) is 23.2 Å². The number of primary sulfonamides is 1. The Morgan fingerprint density at radius 1 is 0.700 bits per heavy atom. The summed E-state index contributed by atoms with van der Waals surface area (Å²) in [5, 5.41) is 23.3. The maximum Gasteiger partial charge on any atom is 0.333 e. The Balaban J connectivity index is 0.000000193. The normalized spacial score (nSPS) is 12.4. The zero-order valence-corrected chi connectivity index (χ0v) is 41.3. The van der Waals surface area contributed by atoms with Crippen molar-refractivity contribution < 1.29 is 45.4 Å². The van der Waals surface area contributed by atoms with E-state index in [0.717, 1.165) is 94.3 Å². The number of carbonyl (C=O) groups excluding carboxylic acids is 3. The highest BCUT2D eigenvalue weighted by molar-refractivity contribution is 7.90. The smallest absolute Gasteiger partial charge is 0.333 e. The van der Waals surface area contributed by atoms with Crippen LogP contribution in [0.4, 0.5) is 10.5 Å². The van der Waals surface area contributed by atoms with Gasteiger partial charge in [0.1, 0.15) is 11.4 Å². The summed E-state index contributed by atoms with van der Waals surface area (Å²) in [6.07, 6.45) is 10.8. The molecule has 6 aromatic rings. The molecule has 0 bridgehead atoms. The van der Waals surface area contributed by atoms with Crippen molar-refractivity contribution in [1.29, 1.82) is 5.26 Å². The quantitative estimate of drug-likeness (QED) is 0.154. The summed E-state index contributed by atoms with van der Waals surface area (Å²) in [7, 11) is 4.04. The summed E-state index contributed by atoms with van der Waals surface area (Å²) >= 11 is 0. The van der Waals surface area contributed by atoms with Crippen molar-refractivity contribution >= 4 is 43.6 Å². The van der Waals surface area contributed by atoms with Crippen molar-refractivity contribution in [1.82, 2.24) is 44.1 Å². The minimum atomic E-state index is -4.34. The lowest BCUT2D eigenvalue weighted by molar-refractivity contribution is 0.0809. The standard InChI is InChI=1S/C23H26N6O5S.C16H14N2O2.C7H12N4O3S/c1-28(2)22(30)18-13-20(26-29(18)3)35(32,33)27-23(31)25-21-16-7-5-6-14(16)8-9-17(21)15-10-11-24-19(12-15)34-4;1-19-15-9-12(7-8-18-15)14-6-5-11-3-2-4-13(11)16(14)20-10-17;1-10(2)7(12)5-4-6(9-11(5)3)15(8,13)14/h8-13H,5-7H2,1-4H3,(H2,25,27,31);5-9H,2-4H2,1H3;4H,1-3H3,(H2,8,13,14). The zero-order valence-electron chi connectivity index (χ0n) is 39.7. The van der Waals surface area contributed by atoms with Crippen LogP contribution in [0.2, 0.25) is 0 Å². The van der Waals surface area contributed by atoms with Gasteiger partial charge in [0, 0.05) is 90.1 Å². The molecule has 0 saturated heterocycles. The van der Waals surface area contributed by atoms with E-state index < -0.39 is 37.0 Å². The van der Waals surface area contributed by atoms with Crippen LogP contribution in [0.15, 0.2) is 83.1 Å². The van der Waals surface area contributed by atoms with Gasteiger partial charge in [-0.05, 0) is 84.0 Å². The van der Waals surface area contributed by atoms with Gasteiger partial charge in [-0.15, -0.1) is 5.26 Å². The minimum Gasteiger partial charge on any atom is -0.481 e. The molecule has 0 unspecified atom stereocenters. The molecule has 4 amide bonds. The van der Waals surface area contributed by atoms with Crippen LogP contribution in [-0.4, -0.2) is 116 Å². The van der Waals surface area contributed by atoms with E-state index in [1.807, 2.05) is 35.1 Å². The van der Waals surface area contributed by atoms with Crippen LogP contribution in [0.25, 0.3) is 22.3 Å². The van der Waals surface area contributed by atoms with E-state index >= 15 is 0 Å². The van der Waals surface area contributed by atoms with Crippen molar-refractivity contribution in [2.45, 2.75) is 48.6 Å². The van der Waals surface area contributed by atoms with Gasteiger partial charge in [0.2, 0.25) is 11.8 Å². The van der Waals surface area contributed by atoms with Crippen LogP contribution < -0.4 is 29.4 Å². The number of anilines is 1. The summed E-state index contributed by atoms with van der Waals surface area (Å²) in [5.74, 6) is 0.893. The van der Waals surface area contributed by atoms with Crippen LogP contribution in [0, 0.1) is 11.5 Å². The third kappa shape index (κ3) is 11.7. The Kier molecular flexibility index (Phi) is 15.9. The van der Waals surface area contributed by atoms with Crippen molar-refractivity contribution in [3.05, 3.63) is 107 Å². The average molecular weight is 997 g/mol.